The molecule has 1 N–H and O–H groups in total. The number of H-pyrrole nitrogens is 1. The number of nitrogens with zero attached hydrogens (tertiary/aromatic N) is 3. The van der Waals surface area contributed by atoms with Crippen LogP contribution in [0.25, 0.3) is 21.3 Å². The maximum atomic E-state index is 8.40. The van der Waals surface area contributed by atoms with Crippen LogP contribution in [0, 0.1) is 0 Å². The molecule has 1 heterocycles. The summed E-state index contributed by atoms with van der Waals surface area (Å²) in [6.07, 6.45) is 7.07. The van der Waals surface area contributed by atoms with Crippen molar-refractivity contribution in [2.45, 2.75) is 38.3 Å². The number of nitrogens with one attached hydrogen (secondary N) is 1. The van der Waals surface area contributed by atoms with Gasteiger partial charge in [0, 0.05) is 22.0 Å². The zero-order valence-electron chi connectivity index (χ0n) is 10.7. The molecule has 1 fully saturated rings. The van der Waals surface area contributed by atoms with Crippen LogP contribution in [0.2, 0.25) is 0 Å². The van der Waals surface area contributed by atoms with E-state index in [4.69, 9.17) is 10.3 Å². The van der Waals surface area contributed by atoms with Gasteiger partial charge in [0.25, 0.3) is 0 Å². The molecule has 0 saturated heterocycles. The van der Waals surface area contributed by atoms with Crippen LogP contribution in [0.1, 0.15) is 31.2 Å². The first-order valence-corrected chi connectivity index (χ1v) is 6.64. The molecule has 5 nitrogen and oxygen atoms in total. The molecule has 0 spiro atoms. The van der Waals surface area contributed by atoms with Crippen molar-refractivity contribution in [3.63, 3.8) is 0 Å². The Morgan fingerprint density at radius 1 is 1.37 bits per heavy atom. The van der Waals surface area contributed by atoms with Gasteiger partial charge in [0.2, 0.25) is 0 Å². The first-order valence-electron chi connectivity index (χ1n) is 6.64. The summed E-state index contributed by atoms with van der Waals surface area (Å²) in [4.78, 5) is 5.98. The van der Waals surface area contributed by atoms with E-state index in [1.165, 1.54) is 12.8 Å². The van der Waals surface area contributed by atoms with Crippen molar-refractivity contribution in [3.8, 4) is 5.75 Å². The van der Waals surface area contributed by atoms with Crippen molar-refractivity contribution in [2.75, 3.05) is 0 Å². The molecule has 0 radical (unpaired) electrons. The van der Waals surface area contributed by atoms with Crippen LogP contribution >= 0.6 is 0 Å². The monoisotopic (exact) mass is 256 g/mol. The SMILES string of the molecule is [N-]=[N+]=NCc1c[nH]c2ccc(OC3CCCC3)cc12. The van der Waals surface area contributed by atoms with E-state index in [-0.39, 0.29) is 0 Å². The van der Waals surface area contributed by atoms with Gasteiger partial charge in [-0.3, -0.25) is 0 Å². The lowest BCUT2D eigenvalue weighted by molar-refractivity contribution is 0.210. The van der Waals surface area contributed by atoms with Crippen LogP contribution < -0.4 is 4.74 Å². The van der Waals surface area contributed by atoms with Crippen LogP contribution in [0.3, 0.4) is 0 Å². The highest BCUT2D eigenvalue weighted by Crippen LogP contribution is 2.28. The van der Waals surface area contributed by atoms with Gasteiger partial charge in [-0.25, -0.2) is 0 Å². The molecule has 0 atom stereocenters. The van der Waals surface area contributed by atoms with Crippen molar-refractivity contribution in [1.29, 1.82) is 0 Å². The molecule has 2 aromatic rings. The summed E-state index contributed by atoms with van der Waals surface area (Å²) in [5, 5.41) is 4.69. The van der Waals surface area contributed by atoms with E-state index >= 15 is 0 Å². The zero-order chi connectivity index (χ0) is 13.1. The fourth-order valence-corrected chi connectivity index (χ4v) is 2.67. The Morgan fingerprint density at radius 2 is 2.21 bits per heavy atom. The third-order valence-corrected chi connectivity index (χ3v) is 3.65. The molecule has 1 aromatic heterocycles. The minimum atomic E-state index is 0.358. The van der Waals surface area contributed by atoms with E-state index < -0.39 is 0 Å². The highest BCUT2D eigenvalue weighted by Gasteiger charge is 2.16. The van der Waals surface area contributed by atoms with Crippen molar-refractivity contribution < 1.29 is 4.74 Å². The maximum absolute atomic E-state index is 8.40. The lowest BCUT2D eigenvalue weighted by Crippen LogP contribution is -2.10. The van der Waals surface area contributed by atoms with E-state index in [0.29, 0.717) is 12.6 Å². The Balaban J connectivity index is 1.87. The molecular weight excluding hydrogens is 240 g/mol. The fourth-order valence-electron chi connectivity index (χ4n) is 2.67. The molecule has 1 aromatic carbocycles. The average molecular weight is 256 g/mol. The molecule has 0 unspecified atom stereocenters. The van der Waals surface area contributed by atoms with Gasteiger partial charge in [0.1, 0.15) is 5.75 Å². The molecule has 3 rings (SSSR count). The maximum Gasteiger partial charge on any atom is 0.120 e. The second-order valence-electron chi connectivity index (χ2n) is 4.93. The van der Waals surface area contributed by atoms with Crippen LogP contribution in [-0.2, 0) is 6.54 Å². The highest BCUT2D eigenvalue weighted by atomic mass is 16.5. The highest BCUT2D eigenvalue weighted by molar-refractivity contribution is 5.84. The summed E-state index contributed by atoms with van der Waals surface area (Å²) in [6, 6.07) is 6.04. The first-order chi connectivity index (χ1) is 9.36. The molecule has 1 saturated carbocycles. The van der Waals surface area contributed by atoms with Gasteiger partial charge in [-0.15, -0.1) is 0 Å². The molecule has 1 aliphatic carbocycles. The topological polar surface area (TPSA) is 73.8 Å². The third kappa shape index (κ3) is 2.51. The average Bonchev–Trinajstić information content (AvgIpc) is 3.06. The van der Waals surface area contributed by atoms with Gasteiger partial charge in [0.05, 0.1) is 12.6 Å². The minimum Gasteiger partial charge on any atom is -0.490 e. The summed E-state index contributed by atoms with van der Waals surface area (Å²) in [5.41, 5.74) is 10.5. The predicted molar refractivity (Wildman–Crippen MR) is 74.0 cm³/mol. The van der Waals surface area contributed by atoms with Crippen molar-refractivity contribution in [3.05, 3.63) is 40.4 Å². The number of rotatable bonds is 4. The number of ether oxygens (including phenoxy) is 1. The number of aromatic nitrogens is 1. The number of hydrogen-bond donors (Lipinski definition) is 1. The number of aromatic amines is 1. The van der Waals surface area contributed by atoms with Gasteiger partial charge in [-0.1, -0.05) is 5.11 Å². The Bertz CT molecular complexity index is 621. The smallest absolute Gasteiger partial charge is 0.120 e. The second-order valence-corrected chi connectivity index (χ2v) is 4.93. The number of azide groups is 1. The number of benzene rings is 1. The van der Waals surface area contributed by atoms with Gasteiger partial charge in [-0.2, -0.15) is 0 Å². The Labute approximate surface area is 111 Å². The molecular formula is C14H16N4O. The summed E-state index contributed by atoms with van der Waals surface area (Å²) >= 11 is 0. The fraction of sp³-hybridized carbons (Fsp3) is 0.429. The minimum absolute atomic E-state index is 0.358. The quantitative estimate of drug-likeness (QED) is 0.494. The van der Waals surface area contributed by atoms with Crippen molar-refractivity contribution >= 4 is 10.9 Å². The number of hydrogen-bond acceptors (Lipinski definition) is 2. The molecule has 0 amide bonds. The summed E-state index contributed by atoms with van der Waals surface area (Å²) in [5.74, 6) is 0.904. The number of fused-ring (bicyclic) bond motifs is 1. The Kier molecular flexibility index (Phi) is 3.29. The van der Waals surface area contributed by atoms with Crippen LogP contribution in [0.5, 0.6) is 5.75 Å². The van der Waals surface area contributed by atoms with E-state index in [1.807, 2.05) is 24.4 Å². The first kappa shape index (κ1) is 11.9. The summed E-state index contributed by atoms with van der Waals surface area (Å²) in [6.45, 7) is 0.364. The Hall–Kier alpha value is -2.13. The van der Waals surface area contributed by atoms with Crippen LogP contribution in [0.15, 0.2) is 29.5 Å². The lowest BCUT2D eigenvalue weighted by atomic mass is 10.1. The van der Waals surface area contributed by atoms with E-state index in [0.717, 1.165) is 35.1 Å². The van der Waals surface area contributed by atoms with Crippen molar-refractivity contribution in [1.82, 2.24) is 4.98 Å². The molecule has 19 heavy (non-hydrogen) atoms. The Morgan fingerprint density at radius 3 is 3.00 bits per heavy atom. The van der Waals surface area contributed by atoms with Crippen molar-refractivity contribution in [2.24, 2.45) is 5.11 Å². The van der Waals surface area contributed by atoms with Crippen LogP contribution in [0.4, 0.5) is 0 Å². The molecule has 0 aliphatic heterocycles. The van der Waals surface area contributed by atoms with E-state index in [9.17, 15) is 0 Å². The third-order valence-electron chi connectivity index (χ3n) is 3.65. The zero-order valence-corrected chi connectivity index (χ0v) is 10.7. The van der Waals surface area contributed by atoms with Gasteiger partial charge in [0.15, 0.2) is 0 Å². The van der Waals surface area contributed by atoms with Gasteiger partial charge < -0.3 is 9.72 Å². The van der Waals surface area contributed by atoms with E-state index in [1.54, 1.807) is 0 Å². The molecule has 98 valence electrons. The molecule has 0 bridgehead atoms. The standard InChI is InChI=1S/C14H16N4O/c15-18-17-9-10-8-16-14-6-5-12(7-13(10)14)19-11-3-1-2-4-11/h5-8,11,16H,1-4,9H2. The van der Waals surface area contributed by atoms with E-state index in [2.05, 4.69) is 15.0 Å². The van der Waals surface area contributed by atoms with Crippen LogP contribution in [-0.4, -0.2) is 11.1 Å². The molecule has 1 aliphatic rings. The second kappa shape index (κ2) is 5.24. The van der Waals surface area contributed by atoms with Gasteiger partial charge in [-0.05, 0) is 55.0 Å². The lowest BCUT2D eigenvalue weighted by Gasteiger charge is -2.13. The normalized spacial score (nSPS) is 15.6. The summed E-state index contributed by atoms with van der Waals surface area (Å²) in [7, 11) is 0. The largest absolute Gasteiger partial charge is 0.490 e. The predicted octanol–water partition coefficient (Wildman–Crippen LogP) is 4.30. The molecule has 5 heteroatoms. The van der Waals surface area contributed by atoms with Gasteiger partial charge >= 0.3 is 0 Å². The summed E-state index contributed by atoms with van der Waals surface area (Å²) < 4.78 is 5.99.